The molecule has 4 nitrogen and oxygen atoms in total. The van der Waals surface area contributed by atoms with Crippen LogP contribution in [0, 0.1) is 5.92 Å². The molecule has 0 bridgehead atoms. The van der Waals surface area contributed by atoms with E-state index in [1.165, 1.54) is 18.9 Å². The molecular weight excluding hydrogens is 216 g/mol. The molecule has 1 fully saturated rings. The van der Waals surface area contributed by atoms with Gasteiger partial charge in [0.05, 0.1) is 5.56 Å². The highest BCUT2D eigenvalue weighted by molar-refractivity contribution is 5.88. The van der Waals surface area contributed by atoms with Gasteiger partial charge in [0, 0.05) is 18.8 Å². The van der Waals surface area contributed by atoms with Gasteiger partial charge in [-0.1, -0.05) is 13.8 Å². The normalized spacial score (nSPS) is 15.0. The number of hydrogen-bond acceptors (Lipinski definition) is 3. The topological polar surface area (TPSA) is 53.4 Å². The Bertz CT molecular complexity index is 414. The third kappa shape index (κ3) is 2.96. The molecule has 0 atom stereocenters. The summed E-state index contributed by atoms with van der Waals surface area (Å²) in [5, 5.41) is 8.98. The lowest BCUT2D eigenvalue weighted by atomic mass is 10.2. The molecule has 0 saturated heterocycles. The first-order valence-corrected chi connectivity index (χ1v) is 6.04. The van der Waals surface area contributed by atoms with Gasteiger partial charge in [-0.3, -0.25) is 0 Å². The largest absolute Gasteiger partial charge is 0.478 e. The molecule has 0 spiro atoms. The van der Waals surface area contributed by atoms with Gasteiger partial charge in [0.1, 0.15) is 5.82 Å². The molecule has 0 aromatic carbocycles. The van der Waals surface area contributed by atoms with Crippen molar-refractivity contribution in [2.75, 3.05) is 11.4 Å². The summed E-state index contributed by atoms with van der Waals surface area (Å²) < 4.78 is 0. The van der Waals surface area contributed by atoms with E-state index in [4.69, 9.17) is 5.11 Å². The molecule has 1 N–H and O–H groups in total. The van der Waals surface area contributed by atoms with Crippen molar-refractivity contribution in [1.82, 2.24) is 4.98 Å². The van der Waals surface area contributed by atoms with Crippen LogP contribution in [0.15, 0.2) is 18.3 Å². The SMILES string of the molecule is CC(C)CN(c1cc(C(=O)O)ccn1)C1CC1. The second-order valence-corrected chi connectivity index (χ2v) is 4.99. The zero-order valence-corrected chi connectivity index (χ0v) is 10.3. The minimum absolute atomic E-state index is 0.310. The summed E-state index contributed by atoms with van der Waals surface area (Å²) in [4.78, 5) is 17.5. The van der Waals surface area contributed by atoms with Crippen LogP contribution < -0.4 is 4.90 Å². The van der Waals surface area contributed by atoms with Crippen molar-refractivity contribution in [3.63, 3.8) is 0 Å². The van der Waals surface area contributed by atoms with Crippen LogP contribution in [0.3, 0.4) is 0 Å². The highest BCUT2D eigenvalue weighted by atomic mass is 16.4. The summed E-state index contributed by atoms with van der Waals surface area (Å²) in [5.41, 5.74) is 0.310. The van der Waals surface area contributed by atoms with Crippen molar-refractivity contribution in [3.8, 4) is 0 Å². The fraction of sp³-hybridized carbons (Fsp3) is 0.538. The predicted molar refractivity (Wildman–Crippen MR) is 66.4 cm³/mol. The predicted octanol–water partition coefficient (Wildman–Crippen LogP) is 2.40. The van der Waals surface area contributed by atoms with E-state index in [9.17, 15) is 4.79 Å². The maximum absolute atomic E-state index is 10.9. The number of aromatic nitrogens is 1. The van der Waals surface area contributed by atoms with Crippen LogP contribution in [0.2, 0.25) is 0 Å². The highest BCUT2D eigenvalue weighted by Crippen LogP contribution is 2.31. The van der Waals surface area contributed by atoms with E-state index in [1.54, 1.807) is 12.3 Å². The Morgan fingerprint density at radius 2 is 2.29 bits per heavy atom. The van der Waals surface area contributed by atoms with Crippen molar-refractivity contribution in [2.24, 2.45) is 5.92 Å². The summed E-state index contributed by atoms with van der Waals surface area (Å²) >= 11 is 0. The van der Waals surface area contributed by atoms with E-state index >= 15 is 0 Å². The molecule has 1 saturated carbocycles. The average molecular weight is 234 g/mol. The van der Waals surface area contributed by atoms with Crippen LogP contribution in [0.4, 0.5) is 5.82 Å². The summed E-state index contributed by atoms with van der Waals surface area (Å²) in [7, 11) is 0. The Hall–Kier alpha value is -1.58. The number of nitrogens with zero attached hydrogens (tertiary/aromatic N) is 2. The second-order valence-electron chi connectivity index (χ2n) is 4.99. The summed E-state index contributed by atoms with van der Waals surface area (Å²) in [5.74, 6) is 0.445. The Labute approximate surface area is 101 Å². The minimum Gasteiger partial charge on any atom is -0.478 e. The highest BCUT2D eigenvalue weighted by Gasteiger charge is 2.30. The Balaban J connectivity index is 2.22. The molecule has 0 aliphatic heterocycles. The molecule has 1 aromatic rings. The number of rotatable bonds is 5. The van der Waals surface area contributed by atoms with Crippen LogP contribution in [-0.2, 0) is 0 Å². The van der Waals surface area contributed by atoms with Gasteiger partial charge < -0.3 is 10.0 Å². The van der Waals surface area contributed by atoms with Crippen molar-refractivity contribution in [2.45, 2.75) is 32.7 Å². The van der Waals surface area contributed by atoms with E-state index in [0.29, 0.717) is 17.5 Å². The number of aromatic carboxylic acids is 1. The van der Waals surface area contributed by atoms with E-state index in [1.807, 2.05) is 0 Å². The zero-order chi connectivity index (χ0) is 12.4. The van der Waals surface area contributed by atoms with Crippen molar-refractivity contribution in [1.29, 1.82) is 0 Å². The molecule has 4 heteroatoms. The molecule has 1 heterocycles. The molecule has 1 aromatic heterocycles. The lowest BCUT2D eigenvalue weighted by Gasteiger charge is -2.25. The van der Waals surface area contributed by atoms with Crippen LogP contribution >= 0.6 is 0 Å². The third-order valence-corrected chi connectivity index (χ3v) is 2.84. The standard InChI is InChI=1S/C13H18N2O2/c1-9(2)8-15(11-3-4-11)12-7-10(13(16)17)5-6-14-12/h5-7,9,11H,3-4,8H2,1-2H3,(H,16,17). The monoisotopic (exact) mass is 234 g/mol. The lowest BCUT2D eigenvalue weighted by molar-refractivity contribution is 0.0697. The van der Waals surface area contributed by atoms with Gasteiger partial charge in [-0.05, 0) is 30.9 Å². The first kappa shape index (κ1) is 11.9. The van der Waals surface area contributed by atoms with Crippen LogP contribution in [0.5, 0.6) is 0 Å². The minimum atomic E-state index is -0.894. The molecule has 0 amide bonds. The maximum Gasteiger partial charge on any atom is 0.335 e. The second kappa shape index (κ2) is 4.73. The smallest absolute Gasteiger partial charge is 0.335 e. The Kier molecular flexibility index (Phi) is 3.31. The number of hydrogen-bond donors (Lipinski definition) is 1. The molecule has 17 heavy (non-hydrogen) atoms. The van der Waals surface area contributed by atoms with Crippen molar-refractivity contribution >= 4 is 11.8 Å². The maximum atomic E-state index is 10.9. The van der Waals surface area contributed by atoms with Gasteiger partial charge in [0.15, 0.2) is 0 Å². The van der Waals surface area contributed by atoms with Crippen molar-refractivity contribution in [3.05, 3.63) is 23.9 Å². The molecular formula is C13H18N2O2. The van der Waals surface area contributed by atoms with Crippen LogP contribution in [0.1, 0.15) is 37.0 Å². The number of carbonyl (C=O) groups is 1. The zero-order valence-electron chi connectivity index (χ0n) is 10.3. The molecule has 1 aliphatic rings. The molecule has 1 aliphatic carbocycles. The lowest BCUT2D eigenvalue weighted by Crippen LogP contribution is -2.30. The average Bonchev–Trinajstić information content (AvgIpc) is 3.09. The molecule has 92 valence electrons. The third-order valence-electron chi connectivity index (χ3n) is 2.84. The fourth-order valence-corrected chi connectivity index (χ4v) is 1.92. The Morgan fingerprint density at radius 1 is 1.59 bits per heavy atom. The van der Waals surface area contributed by atoms with E-state index in [-0.39, 0.29) is 0 Å². The number of carboxylic acids is 1. The molecule has 0 radical (unpaired) electrons. The van der Waals surface area contributed by atoms with E-state index in [2.05, 4.69) is 23.7 Å². The quantitative estimate of drug-likeness (QED) is 0.850. The van der Waals surface area contributed by atoms with Gasteiger partial charge in [0.2, 0.25) is 0 Å². The van der Waals surface area contributed by atoms with Gasteiger partial charge >= 0.3 is 5.97 Å². The van der Waals surface area contributed by atoms with Crippen LogP contribution in [0.25, 0.3) is 0 Å². The first-order valence-electron chi connectivity index (χ1n) is 6.04. The van der Waals surface area contributed by atoms with Gasteiger partial charge in [-0.25, -0.2) is 9.78 Å². The molecule has 0 unspecified atom stereocenters. The fourth-order valence-electron chi connectivity index (χ4n) is 1.92. The van der Waals surface area contributed by atoms with E-state index in [0.717, 1.165) is 12.4 Å². The number of anilines is 1. The Morgan fingerprint density at radius 3 is 2.82 bits per heavy atom. The summed E-state index contributed by atoms with van der Waals surface area (Å²) in [6.07, 6.45) is 3.95. The summed E-state index contributed by atoms with van der Waals surface area (Å²) in [6.45, 7) is 5.26. The number of pyridine rings is 1. The van der Waals surface area contributed by atoms with Gasteiger partial charge in [0.25, 0.3) is 0 Å². The van der Waals surface area contributed by atoms with E-state index < -0.39 is 5.97 Å². The van der Waals surface area contributed by atoms with Crippen LogP contribution in [-0.4, -0.2) is 28.6 Å². The first-order chi connectivity index (χ1) is 8.08. The summed E-state index contributed by atoms with van der Waals surface area (Å²) in [6, 6.07) is 3.75. The van der Waals surface area contributed by atoms with Gasteiger partial charge in [-0.15, -0.1) is 0 Å². The van der Waals surface area contributed by atoms with Crippen molar-refractivity contribution < 1.29 is 9.90 Å². The molecule has 2 rings (SSSR count). The number of carboxylic acid groups (broad SMARTS) is 1. The van der Waals surface area contributed by atoms with Gasteiger partial charge in [-0.2, -0.15) is 0 Å².